The van der Waals surface area contributed by atoms with Crippen LogP contribution >= 0.6 is 15.9 Å². The Morgan fingerprint density at radius 2 is 1.72 bits per heavy atom. The molecule has 0 atom stereocenters. The zero-order chi connectivity index (χ0) is 13.5. The highest BCUT2D eigenvalue weighted by Crippen LogP contribution is 2.34. The predicted octanol–water partition coefficient (Wildman–Crippen LogP) is 1.87. The molecule has 1 aromatic carbocycles. The summed E-state index contributed by atoms with van der Waals surface area (Å²) < 4.78 is 23.3. The van der Waals surface area contributed by atoms with E-state index in [2.05, 4.69) is 15.9 Å². The Labute approximate surface area is 113 Å². The number of carbonyl (C=O) groups excluding carboxylic acids is 2. The van der Waals surface area contributed by atoms with Crippen LogP contribution in [0.4, 0.5) is 0 Å². The van der Waals surface area contributed by atoms with Gasteiger partial charge in [0.1, 0.15) is 17.5 Å². The summed E-state index contributed by atoms with van der Waals surface area (Å²) in [6.07, 6.45) is 1.65. The number of hydrogen-bond acceptors (Lipinski definition) is 4. The van der Waals surface area contributed by atoms with Crippen molar-refractivity contribution in [2.45, 2.75) is 23.7 Å². The van der Waals surface area contributed by atoms with E-state index in [4.69, 9.17) is 0 Å². The van der Waals surface area contributed by atoms with Gasteiger partial charge in [-0.05, 0) is 17.7 Å². The smallest absolute Gasteiger partial charge is 0.175 e. The van der Waals surface area contributed by atoms with E-state index in [-0.39, 0.29) is 29.3 Å². The highest BCUT2D eigenvalue weighted by atomic mass is 79.9. The molecule has 1 aromatic rings. The van der Waals surface area contributed by atoms with Crippen LogP contribution in [0.25, 0.3) is 0 Å². The van der Waals surface area contributed by atoms with Crippen LogP contribution in [0, 0.1) is 0 Å². The van der Waals surface area contributed by atoms with E-state index in [0.717, 1.165) is 6.26 Å². The SMILES string of the molecule is CS(=O)(=O)c1ccc(C2C(=O)CCC2=O)c(Br)c1. The van der Waals surface area contributed by atoms with Crippen LogP contribution in [0.15, 0.2) is 27.6 Å². The monoisotopic (exact) mass is 330 g/mol. The number of ketones is 2. The molecular formula is C12H11BrO4S. The van der Waals surface area contributed by atoms with Crippen LogP contribution in [0.3, 0.4) is 0 Å². The molecule has 0 spiro atoms. The lowest BCUT2D eigenvalue weighted by molar-refractivity contribution is -0.123. The lowest BCUT2D eigenvalue weighted by Crippen LogP contribution is -2.13. The molecule has 2 rings (SSSR count). The molecule has 0 aliphatic heterocycles. The largest absolute Gasteiger partial charge is 0.299 e. The van der Waals surface area contributed by atoms with Gasteiger partial charge in [-0.15, -0.1) is 0 Å². The molecule has 1 aliphatic rings. The van der Waals surface area contributed by atoms with E-state index in [0.29, 0.717) is 10.0 Å². The molecule has 4 nitrogen and oxygen atoms in total. The van der Waals surface area contributed by atoms with Crippen LogP contribution in [-0.4, -0.2) is 26.2 Å². The molecule has 0 amide bonds. The van der Waals surface area contributed by atoms with Crippen LogP contribution in [0.5, 0.6) is 0 Å². The van der Waals surface area contributed by atoms with Crippen molar-refractivity contribution in [1.29, 1.82) is 0 Å². The van der Waals surface area contributed by atoms with Crippen molar-refractivity contribution in [2.75, 3.05) is 6.26 Å². The Morgan fingerprint density at radius 3 is 2.17 bits per heavy atom. The summed E-state index contributed by atoms with van der Waals surface area (Å²) in [7, 11) is -3.29. The maximum atomic E-state index is 11.7. The molecular weight excluding hydrogens is 320 g/mol. The molecule has 0 aromatic heterocycles. The number of benzene rings is 1. The Morgan fingerprint density at radius 1 is 1.17 bits per heavy atom. The third kappa shape index (κ3) is 2.40. The lowest BCUT2D eigenvalue weighted by Gasteiger charge is -2.10. The first kappa shape index (κ1) is 13.4. The molecule has 0 N–H and O–H groups in total. The average Bonchev–Trinajstić information content (AvgIpc) is 2.58. The molecule has 0 saturated heterocycles. The summed E-state index contributed by atoms with van der Waals surface area (Å²) >= 11 is 3.24. The molecule has 0 unspecified atom stereocenters. The van der Waals surface area contributed by atoms with E-state index >= 15 is 0 Å². The minimum absolute atomic E-state index is 0.104. The number of carbonyl (C=O) groups is 2. The van der Waals surface area contributed by atoms with E-state index in [1.165, 1.54) is 18.2 Å². The summed E-state index contributed by atoms with van der Waals surface area (Å²) in [5.74, 6) is -0.950. The molecule has 18 heavy (non-hydrogen) atoms. The molecule has 6 heteroatoms. The second-order valence-electron chi connectivity index (χ2n) is 4.32. The van der Waals surface area contributed by atoms with Gasteiger partial charge in [-0.3, -0.25) is 9.59 Å². The zero-order valence-electron chi connectivity index (χ0n) is 9.64. The summed E-state index contributed by atoms with van der Waals surface area (Å²) in [5.41, 5.74) is 0.551. The third-order valence-corrected chi connectivity index (χ3v) is 4.77. The van der Waals surface area contributed by atoms with Crippen molar-refractivity contribution in [1.82, 2.24) is 0 Å². The second-order valence-corrected chi connectivity index (χ2v) is 7.19. The Bertz CT molecular complexity index is 617. The van der Waals surface area contributed by atoms with Gasteiger partial charge >= 0.3 is 0 Å². The third-order valence-electron chi connectivity index (χ3n) is 2.97. The quantitative estimate of drug-likeness (QED) is 0.776. The number of rotatable bonds is 2. The zero-order valence-corrected chi connectivity index (χ0v) is 12.0. The summed E-state index contributed by atoms with van der Waals surface area (Å²) in [4.78, 5) is 23.5. The number of sulfone groups is 1. The van der Waals surface area contributed by atoms with Gasteiger partial charge in [0.15, 0.2) is 9.84 Å². The topological polar surface area (TPSA) is 68.3 Å². The van der Waals surface area contributed by atoms with Gasteiger partial charge < -0.3 is 0 Å². The highest BCUT2D eigenvalue weighted by molar-refractivity contribution is 9.10. The minimum Gasteiger partial charge on any atom is -0.299 e. The van der Waals surface area contributed by atoms with Crippen molar-refractivity contribution >= 4 is 37.3 Å². The van der Waals surface area contributed by atoms with Crippen LogP contribution in [-0.2, 0) is 19.4 Å². The Balaban J connectivity index is 2.48. The Hall–Kier alpha value is -1.01. The van der Waals surface area contributed by atoms with Crippen molar-refractivity contribution in [3.05, 3.63) is 28.2 Å². The fraction of sp³-hybridized carbons (Fsp3) is 0.333. The lowest BCUT2D eigenvalue weighted by atomic mass is 9.96. The second kappa shape index (κ2) is 4.59. The molecule has 0 radical (unpaired) electrons. The normalized spacial score (nSPS) is 17.4. The van der Waals surface area contributed by atoms with Crippen molar-refractivity contribution in [3.8, 4) is 0 Å². The first-order valence-corrected chi connectivity index (χ1v) is 8.04. The van der Waals surface area contributed by atoms with Gasteiger partial charge in [-0.1, -0.05) is 22.0 Å². The van der Waals surface area contributed by atoms with Gasteiger partial charge in [0.05, 0.1) is 4.90 Å². The molecule has 0 bridgehead atoms. The van der Waals surface area contributed by atoms with Gasteiger partial charge in [0.2, 0.25) is 0 Å². The van der Waals surface area contributed by atoms with Crippen LogP contribution < -0.4 is 0 Å². The fourth-order valence-corrected chi connectivity index (χ4v) is 3.44. The van der Waals surface area contributed by atoms with Gasteiger partial charge in [0.25, 0.3) is 0 Å². The van der Waals surface area contributed by atoms with E-state index in [9.17, 15) is 18.0 Å². The first-order chi connectivity index (χ1) is 8.30. The van der Waals surface area contributed by atoms with Crippen molar-refractivity contribution < 1.29 is 18.0 Å². The Kier molecular flexibility index (Phi) is 3.42. The maximum Gasteiger partial charge on any atom is 0.175 e. The standard InChI is InChI=1S/C12H11BrO4S/c1-18(16,17)7-2-3-8(9(13)6-7)12-10(14)4-5-11(12)15/h2-3,6,12H,4-5H2,1H3. The minimum atomic E-state index is -3.29. The van der Waals surface area contributed by atoms with Gasteiger partial charge in [0, 0.05) is 23.6 Å². The predicted molar refractivity (Wildman–Crippen MR) is 69.2 cm³/mol. The van der Waals surface area contributed by atoms with Crippen LogP contribution in [0.2, 0.25) is 0 Å². The number of halogens is 1. The highest BCUT2D eigenvalue weighted by Gasteiger charge is 2.35. The van der Waals surface area contributed by atoms with E-state index in [1.807, 2.05) is 0 Å². The van der Waals surface area contributed by atoms with Gasteiger partial charge in [-0.25, -0.2) is 8.42 Å². The number of Topliss-reactive ketones (excluding diaryl/α,β-unsaturated/α-hetero) is 2. The summed E-state index contributed by atoms with van der Waals surface area (Å²) in [6, 6.07) is 4.39. The summed E-state index contributed by atoms with van der Waals surface area (Å²) in [6.45, 7) is 0. The van der Waals surface area contributed by atoms with E-state index in [1.54, 1.807) is 0 Å². The number of hydrogen-bond donors (Lipinski definition) is 0. The van der Waals surface area contributed by atoms with Crippen molar-refractivity contribution in [2.24, 2.45) is 0 Å². The summed E-state index contributed by atoms with van der Waals surface area (Å²) in [5, 5.41) is 0. The molecule has 1 aliphatic carbocycles. The maximum absolute atomic E-state index is 11.7. The van der Waals surface area contributed by atoms with Gasteiger partial charge in [-0.2, -0.15) is 0 Å². The van der Waals surface area contributed by atoms with E-state index < -0.39 is 15.8 Å². The van der Waals surface area contributed by atoms with Crippen LogP contribution in [0.1, 0.15) is 24.3 Å². The molecule has 96 valence electrons. The molecule has 1 saturated carbocycles. The molecule has 0 heterocycles. The van der Waals surface area contributed by atoms with Crippen molar-refractivity contribution in [3.63, 3.8) is 0 Å². The first-order valence-electron chi connectivity index (χ1n) is 5.35. The average molecular weight is 331 g/mol. The fourth-order valence-electron chi connectivity index (χ4n) is 2.03. The molecule has 1 fully saturated rings.